The van der Waals surface area contributed by atoms with Crippen molar-refractivity contribution in [1.82, 2.24) is 4.98 Å². The molecule has 1 aliphatic rings. The number of ether oxygens (including phenoxy) is 1. The molecule has 1 atom stereocenters. The van der Waals surface area contributed by atoms with E-state index in [1.807, 2.05) is 6.92 Å². The van der Waals surface area contributed by atoms with E-state index < -0.39 is 0 Å². The van der Waals surface area contributed by atoms with Crippen LogP contribution < -0.4 is 10.6 Å². The Morgan fingerprint density at radius 2 is 2.29 bits per heavy atom. The Labute approximate surface area is 103 Å². The van der Waals surface area contributed by atoms with E-state index in [-0.39, 0.29) is 5.60 Å². The predicted octanol–water partition coefficient (Wildman–Crippen LogP) is 1.98. The summed E-state index contributed by atoms with van der Waals surface area (Å²) < 4.78 is 5.59. The second-order valence-corrected chi connectivity index (χ2v) is 5.08. The van der Waals surface area contributed by atoms with E-state index in [4.69, 9.17) is 10.5 Å². The summed E-state index contributed by atoms with van der Waals surface area (Å²) in [5.74, 6) is 1.000. The summed E-state index contributed by atoms with van der Waals surface area (Å²) in [6, 6.07) is 2.05. The van der Waals surface area contributed by atoms with Gasteiger partial charge in [0.05, 0.1) is 17.5 Å². The minimum absolute atomic E-state index is 0.0603. The van der Waals surface area contributed by atoms with Crippen LogP contribution in [0.4, 0.5) is 11.5 Å². The maximum Gasteiger partial charge on any atom is 0.128 e. The van der Waals surface area contributed by atoms with Gasteiger partial charge < -0.3 is 15.4 Å². The number of anilines is 2. The summed E-state index contributed by atoms with van der Waals surface area (Å²) >= 11 is 0. The van der Waals surface area contributed by atoms with E-state index in [0.717, 1.165) is 43.0 Å². The van der Waals surface area contributed by atoms with Gasteiger partial charge in [-0.2, -0.15) is 0 Å². The second kappa shape index (κ2) is 4.53. The van der Waals surface area contributed by atoms with Crippen molar-refractivity contribution in [1.29, 1.82) is 0 Å². The highest BCUT2D eigenvalue weighted by Crippen LogP contribution is 2.27. The zero-order valence-electron chi connectivity index (χ0n) is 10.9. The van der Waals surface area contributed by atoms with Gasteiger partial charge >= 0.3 is 0 Å². The fraction of sp³-hybridized carbons (Fsp3) is 0.615. The summed E-state index contributed by atoms with van der Waals surface area (Å²) in [4.78, 5) is 6.69. The Bertz CT molecular complexity index is 408. The van der Waals surface area contributed by atoms with Crippen molar-refractivity contribution in [2.75, 3.05) is 30.8 Å². The fourth-order valence-electron chi connectivity index (χ4n) is 2.29. The maximum atomic E-state index is 5.79. The van der Waals surface area contributed by atoms with Gasteiger partial charge in [-0.25, -0.2) is 4.98 Å². The molecule has 94 valence electrons. The number of nitrogens with zero attached hydrogens (tertiary/aromatic N) is 2. The predicted molar refractivity (Wildman–Crippen MR) is 70.2 cm³/mol. The first-order valence-corrected chi connectivity index (χ1v) is 6.06. The van der Waals surface area contributed by atoms with Crippen molar-refractivity contribution in [3.05, 3.63) is 17.8 Å². The Hall–Kier alpha value is -1.29. The van der Waals surface area contributed by atoms with Crippen LogP contribution in [-0.4, -0.2) is 30.8 Å². The molecule has 17 heavy (non-hydrogen) atoms. The van der Waals surface area contributed by atoms with Crippen molar-refractivity contribution in [3.8, 4) is 0 Å². The Morgan fingerprint density at radius 1 is 1.53 bits per heavy atom. The average Bonchev–Trinajstić information content (AvgIpc) is 2.33. The quantitative estimate of drug-likeness (QED) is 0.851. The lowest BCUT2D eigenvalue weighted by atomic mass is 9.95. The van der Waals surface area contributed by atoms with Gasteiger partial charge in [-0.15, -0.1) is 0 Å². The first-order chi connectivity index (χ1) is 8.04. The summed E-state index contributed by atoms with van der Waals surface area (Å²) in [5.41, 5.74) is 7.57. The molecule has 0 aliphatic carbocycles. The first kappa shape index (κ1) is 12.2. The van der Waals surface area contributed by atoms with Crippen molar-refractivity contribution >= 4 is 11.5 Å². The van der Waals surface area contributed by atoms with Gasteiger partial charge in [0.15, 0.2) is 0 Å². The molecule has 2 N–H and O–H groups in total. The standard InChI is InChI=1S/C13H21N3O/c1-10-7-12(15-8-11(10)14)16-6-4-5-13(2,9-16)17-3/h7-8H,4-6,9,14H2,1-3H3. The van der Waals surface area contributed by atoms with Crippen LogP contribution >= 0.6 is 0 Å². The molecular weight excluding hydrogens is 214 g/mol. The largest absolute Gasteiger partial charge is 0.397 e. The maximum absolute atomic E-state index is 5.79. The number of piperidine rings is 1. The fourth-order valence-corrected chi connectivity index (χ4v) is 2.29. The molecule has 1 saturated heterocycles. The number of nitrogens with two attached hydrogens (primary N) is 1. The number of pyridine rings is 1. The van der Waals surface area contributed by atoms with Crippen LogP contribution in [0.3, 0.4) is 0 Å². The highest BCUT2D eigenvalue weighted by atomic mass is 16.5. The zero-order valence-corrected chi connectivity index (χ0v) is 10.9. The van der Waals surface area contributed by atoms with Crippen molar-refractivity contribution < 1.29 is 4.74 Å². The smallest absolute Gasteiger partial charge is 0.128 e. The third-order valence-corrected chi connectivity index (χ3v) is 3.61. The van der Waals surface area contributed by atoms with Gasteiger partial charge in [0.2, 0.25) is 0 Å². The van der Waals surface area contributed by atoms with Gasteiger partial charge in [0.25, 0.3) is 0 Å². The molecule has 2 rings (SSSR count). The molecule has 0 aromatic carbocycles. The average molecular weight is 235 g/mol. The van der Waals surface area contributed by atoms with Crippen LogP contribution in [0.2, 0.25) is 0 Å². The summed E-state index contributed by atoms with van der Waals surface area (Å²) in [5, 5.41) is 0. The monoisotopic (exact) mass is 235 g/mol. The summed E-state index contributed by atoms with van der Waals surface area (Å²) in [6.07, 6.45) is 3.98. The molecule has 1 fully saturated rings. The number of hydrogen-bond donors (Lipinski definition) is 1. The molecule has 1 aromatic rings. The van der Waals surface area contributed by atoms with E-state index in [2.05, 4.69) is 22.9 Å². The normalized spacial score (nSPS) is 25.0. The molecule has 4 heteroatoms. The minimum atomic E-state index is -0.0603. The molecule has 0 spiro atoms. The van der Waals surface area contributed by atoms with Crippen LogP contribution in [0.25, 0.3) is 0 Å². The van der Waals surface area contributed by atoms with Gasteiger partial charge in [0.1, 0.15) is 5.82 Å². The highest BCUT2D eigenvalue weighted by molar-refractivity contribution is 5.52. The number of aryl methyl sites for hydroxylation is 1. The lowest BCUT2D eigenvalue weighted by Gasteiger charge is -2.40. The van der Waals surface area contributed by atoms with Crippen molar-refractivity contribution in [2.24, 2.45) is 0 Å². The third kappa shape index (κ3) is 2.52. The molecule has 0 amide bonds. The van der Waals surface area contributed by atoms with Gasteiger partial charge in [-0.05, 0) is 38.3 Å². The highest BCUT2D eigenvalue weighted by Gasteiger charge is 2.31. The van der Waals surface area contributed by atoms with Crippen LogP contribution in [0.1, 0.15) is 25.3 Å². The Morgan fingerprint density at radius 3 is 2.94 bits per heavy atom. The number of aromatic nitrogens is 1. The minimum Gasteiger partial charge on any atom is -0.397 e. The number of rotatable bonds is 2. The molecule has 0 bridgehead atoms. The summed E-state index contributed by atoms with van der Waals surface area (Å²) in [7, 11) is 1.78. The number of hydrogen-bond acceptors (Lipinski definition) is 4. The van der Waals surface area contributed by atoms with Crippen LogP contribution in [-0.2, 0) is 4.74 Å². The van der Waals surface area contributed by atoms with Crippen molar-refractivity contribution in [3.63, 3.8) is 0 Å². The van der Waals surface area contributed by atoms with Gasteiger partial charge in [-0.3, -0.25) is 0 Å². The molecule has 0 radical (unpaired) electrons. The molecule has 1 aromatic heterocycles. The number of methoxy groups -OCH3 is 1. The summed E-state index contributed by atoms with van der Waals surface area (Å²) in [6.45, 7) is 6.10. The lowest BCUT2D eigenvalue weighted by molar-refractivity contribution is -0.00481. The van der Waals surface area contributed by atoms with Crippen LogP contribution in [0.5, 0.6) is 0 Å². The van der Waals surface area contributed by atoms with E-state index in [1.54, 1.807) is 13.3 Å². The molecule has 1 aliphatic heterocycles. The van der Waals surface area contributed by atoms with E-state index in [9.17, 15) is 0 Å². The topological polar surface area (TPSA) is 51.4 Å². The van der Waals surface area contributed by atoms with Crippen LogP contribution in [0.15, 0.2) is 12.3 Å². The van der Waals surface area contributed by atoms with Gasteiger partial charge in [0, 0.05) is 20.2 Å². The van der Waals surface area contributed by atoms with Crippen molar-refractivity contribution in [2.45, 2.75) is 32.3 Å². The Kier molecular flexibility index (Phi) is 3.24. The molecule has 2 heterocycles. The Balaban J connectivity index is 2.19. The molecule has 4 nitrogen and oxygen atoms in total. The van der Waals surface area contributed by atoms with E-state index in [1.165, 1.54) is 0 Å². The van der Waals surface area contributed by atoms with Gasteiger partial charge in [-0.1, -0.05) is 0 Å². The lowest BCUT2D eigenvalue weighted by Crippen LogP contribution is -2.47. The molecule has 1 unspecified atom stereocenters. The number of nitrogen functional groups attached to an aromatic ring is 1. The second-order valence-electron chi connectivity index (χ2n) is 5.08. The molecular formula is C13H21N3O. The SMILES string of the molecule is COC1(C)CCCN(c2cc(C)c(N)cn2)C1. The van der Waals surface area contributed by atoms with E-state index >= 15 is 0 Å². The van der Waals surface area contributed by atoms with E-state index in [0.29, 0.717) is 0 Å². The zero-order chi connectivity index (χ0) is 12.5. The third-order valence-electron chi connectivity index (χ3n) is 3.61. The molecule has 0 saturated carbocycles. The van der Waals surface area contributed by atoms with Crippen LogP contribution in [0, 0.1) is 6.92 Å². The first-order valence-electron chi connectivity index (χ1n) is 6.06.